The van der Waals surface area contributed by atoms with Crippen LogP contribution in [0.4, 0.5) is 0 Å². The van der Waals surface area contributed by atoms with Gasteiger partial charge in [-0.2, -0.15) is 0 Å². The standard InChI is InChI=1S/C17H34N2/c1-16(2)12-15(13-17(3,4)19-16)18-11-10-14-8-6-5-7-9-14/h14-15,18-19H,5-13H2,1-4H3. The molecule has 2 heteroatoms. The van der Waals surface area contributed by atoms with Crippen molar-refractivity contribution in [3.8, 4) is 0 Å². The summed E-state index contributed by atoms with van der Waals surface area (Å²) in [7, 11) is 0. The number of piperidine rings is 1. The summed E-state index contributed by atoms with van der Waals surface area (Å²) in [6.45, 7) is 10.6. The molecule has 1 heterocycles. The number of hydrogen-bond donors (Lipinski definition) is 2. The van der Waals surface area contributed by atoms with E-state index in [1.807, 2.05) is 0 Å². The minimum Gasteiger partial charge on any atom is -0.314 e. The van der Waals surface area contributed by atoms with Crippen LogP contribution in [0.2, 0.25) is 0 Å². The lowest BCUT2D eigenvalue weighted by atomic mass is 9.79. The molecule has 2 N–H and O–H groups in total. The lowest BCUT2D eigenvalue weighted by Crippen LogP contribution is -2.61. The second-order valence-electron chi connectivity index (χ2n) is 8.24. The first-order valence-electron chi connectivity index (χ1n) is 8.39. The zero-order chi connectivity index (χ0) is 13.9. The lowest BCUT2D eigenvalue weighted by molar-refractivity contribution is 0.144. The summed E-state index contributed by atoms with van der Waals surface area (Å²) < 4.78 is 0. The van der Waals surface area contributed by atoms with Crippen molar-refractivity contribution in [2.75, 3.05) is 6.54 Å². The van der Waals surface area contributed by atoms with E-state index >= 15 is 0 Å². The normalized spacial score (nSPS) is 28.4. The molecule has 112 valence electrons. The maximum atomic E-state index is 3.84. The monoisotopic (exact) mass is 266 g/mol. The van der Waals surface area contributed by atoms with Crippen LogP contribution in [0, 0.1) is 5.92 Å². The molecule has 2 rings (SSSR count). The molecule has 2 nitrogen and oxygen atoms in total. The Labute approximate surface area is 120 Å². The zero-order valence-electron chi connectivity index (χ0n) is 13.5. The summed E-state index contributed by atoms with van der Waals surface area (Å²) in [6.07, 6.45) is 11.3. The third-order valence-electron chi connectivity index (χ3n) is 4.90. The molecule has 0 radical (unpaired) electrons. The Balaban J connectivity index is 1.72. The molecule has 2 fully saturated rings. The van der Waals surface area contributed by atoms with Crippen LogP contribution in [0.15, 0.2) is 0 Å². The topological polar surface area (TPSA) is 24.1 Å². The SMILES string of the molecule is CC1(C)CC(NCCC2CCCCC2)CC(C)(C)N1. The molecule has 1 saturated heterocycles. The highest BCUT2D eigenvalue weighted by molar-refractivity contribution is 4.99. The minimum atomic E-state index is 0.268. The minimum absolute atomic E-state index is 0.268. The van der Waals surface area contributed by atoms with Crippen LogP contribution in [0.5, 0.6) is 0 Å². The Morgan fingerprint density at radius 3 is 2.11 bits per heavy atom. The first kappa shape index (κ1) is 15.3. The zero-order valence-corrected chi connectivity index (χ0v) is 13.5. The molecular weight excluding hydrogens is 232 g/mol. The number of rotatable bonds is 4. The van der Waals surface area contributed by atoms with E-state index in [2.05, 4.69) is 38.3 Å². The number of nitrogens with one attached hydrogen (secondary N) is 2. The highest BCUT2D eigenvalue weighted by atomic mass is 15.1. The van der Waals surface area contributed by atoms with E-state index in [1.165, 1.54) is 57.9 Å². The van der Waals surface area contributed by atoms with E-state index in [-0.39, 0.29) is 11.1 Å². The van der Waals surface area contributed by atoms with Crippen LogP contribution in [0.1, 0.15) is 79.1 Å². The predicted octanol–water partition coefficient (Wildman–Crippen LogP) is 3.86. The van der Waals surface area contributed by atoms with Gasteiger partial charge < -0.3 is 10.6 Å². The van der Waals surface area contributed by atoms with E-state index in [0.717, 1.165) is 5.92 Å². The lowest BCUT2D eigenvalue weighted by Gasteiger charge is -2.47. The van der Waals surface area contributed by atoms with Crippen molar-refractivity contribution >= 4 is 0 Å². The van der Waals surface area contributed by atoms with Crippen LogP contribution < -0.4 is 10.6 Å². The van der Waals surface area contributed by atoms with Crippen molar-refractivity contribution in [2.24, 2.45) is 5.92 Å². The Bertz CT molecular complexity index is 261. The summed E-state index contributed by atoms with van der Waals surface area (Å²) in [5.74, 6) is 1.00. The van der Waals surface area contributed by atoms with Gasteiger partial charge in [0.1, 0.15) is 0 Å². The van der Waals surface area contributed by atoms with Crippen molar-refractivity contribution < 1.29 is 0 Å². The second kappa shape index (κ2) is 6.13. The molecule has 1 aliphatic heterocycles. The van der Waals surface area contributed by atoms with Gasteiger partial charge >= 0.3 is 0 Å². The summed E-state index contributed by atoms with van der Waals surface area (Å²) in [5, 5.41) is 7.60. The van der Waals surface area contributed by atoms with E-state index < -0.39 is 0 Å². The van der Waals surface area contributed by atoms with Gasteiger partial charge in [0.25, 0.3) is 0 Å². The maximum absolute atomic E-state index is 3.84. The summed E-state index contributed by atoms with van der Waals surface area (Å²) >= 11 is 0. The van der Waals surface area contributed by atoms with Gasteiger partial charge in [0.2, 0.25) is 0 Å². The predicted molar refractivity (Wildman–Crippen MR) is 83.5 cm³/mol. The average Bonchev–Trinajstić information content (AvgIpc) is 2.26. The van der Waals surface area contributed by atoms with E-state index in [4.69, 9.17) is 0 Å². The quantitative estimate of drug-likeness (QED) is 0.807. The first-order chi connectivity index (χ1) is 8.86. The molecule has 0 amide bonds. The Hall–Kier alpha value is -0.0800. The Kier molecular flexibility index (Phi) is 4.94. The van der Waals surface area contributed by atoms with Gasteiger partial charge in [-0.05, 0) is 59.4 Å². The first-order valence-corrected chi connectivity index (χ1v) is 8.39. The molecule has 0 aromatic heterocycles. The van der Waals surface area contributed by atoms with Crippen LogP contribution in [0.25, 0.3) is 0 Å². The molecule has 0 spiro atoms. The highest BCUT2D eigenvalue weighted by Gasteiger charge is 2.37. The molecule has 2 aliphatic rings. The van der Waals surface area contributed by atoms with Crippen LogP contribution in [-0.2, 0) is 0 Å². The van der Waals surface area contributed by atoms with Crippen LogP contribution in [-0.4, -0.2) is 23.7 Å². The molecule has 0 atom stereocenters. The van der Waals surface area contributed by atoms with Crippen LogP contribution in [0.3, 0.4) is 0 Å². The van der Waals surface area contributed by atoms with Crippen molar-refractivity contribution in [2.45, 2.75) is 96.2 Å². The summed E-state index contributed by atoms with van der Waals surface area (Å²) in [5.41, 5.74) is 0.536. The van der Waals surface area contributed by atoms with Gasteiger partial charge in [0.15, 0.2) is 0 Å². The Morgan fingerprint density at radius 1 is 0.947 bits per heavy atom. The fraction of sp³-hybridized carbons (Fsp3) is 1.00. The molecule has 0 aromatic carbocycles. The summed E-state index contributed by atoms with van der Waals surface area (Å²) in [6, 6.07) is 0.690. The van der Waals surface area contributed by atoms with Gasteiger partial charge in [-0.15, -0.1) is 0 Å². The smallest absolute Gasteiger partial charge is 0.0144 e. The van der Waals surface area contributed by atoms with Gasteiger partial charge in [0.05, 0.1) is 0 Å². The maximum Gasteiger partial charge on any atom is 0.0144 e. The average molecular weight is 266 g/mol. The van der Waals surface area contributed by atoms with Gasteiger partial charge in [-0.3, -0.25) is 0 Å². The van der Waals surface area contributed by atoms with E-state index in [9.17, 15) is 0 Å². The third-order valence-corrected chi connectivity index (χ3v) is 4.90. The molecule has 19 heavy (non-hydrogen) atoms. The van der Waals surface area contributed by atoms with Gasteiger partial charge in [-0.1, -0.05) is 32.1 Å². The molecular formula is C17H34N2. The molecule has 0 bridgehead atoms. The van der Waals surface area contributed by atoms with Crippen molar-refractivity contribution in [1.82, 2.24) is 10.6 Å². The van der Waals surface area contributed by atoms with Crippen molar-refractivity contribution in [3.63, 3.8) is 0 Å². The summed E-state index contributed by atoms with van der Waals surface area (Å²) in [4.78, 5) is 0. The van der Waals surface area contributed by atoms with Gasteiger partial charge in [0, 0.05) is 17.1 Å². The second-order valence-corrected chi connectivity index (χ2v) is 8.24. The fourth-order valence-electron chi connectivity index (χ4n) is 4.43. The number of hydrogen-bond acceptors (Lipinski definition) is 2. The van der Waals surface area contributed by atoms with E-state index in [0.29, 0.717) is 6.04 Å². The largest absolute Gasteiger partial charge is 0.314 e. The highest BCUT2D eigenvalue weighted by Crippen LogP contribution is 2.29. The fourth-order valence-corrected chi connectivity index (χ4v) is 4.43. The van der Waals surface area contributed by atoms with Crippen molar-refractivity contribution in [1.29, 1.82) is 0 Å². The molecule has 0 unspecified atom stereocenters. The molecule has 1 saturated carbocycles. The third kappa shape index (κ3) is 5.07. The van der Waals surface area contributed by atoms with Crippen molar-refractivity contribution in [3.05, 3.63) is 0 Å². The Morgan fingerprint density at radius 2 is 1.53 bits per heavy atom. The van der Waals surface area contributed by atoms with Gasteiger partial charge in [-0.25, -0.2) is 0 Å². The van der Waals surface area contributed by atoms with Crippen LogP contribution >= 0.6 is 0 Å². The molecule has 1 aliphatic carbocycles. The molecule has 0 aromatic rings. The van der Waals surface area contributed by atoms with E-state index in [1.54, 1.807) is 0 Å².